The predicted octanol–water partition coefficient (Wildman–Crippen LogP) is 4.44. The maximum absolute atomic E-state index is 5.24. The van der Waals surface area contributed by atoms with E-state index in [1.807, 2.05) is 42.5 Å². The first-order valence-corrected chi connectivity index (χ1v) is 7.65. The van der Waals surface area contributed by atoms with Crippen LogP contribution in [0.2, 0.25) is 0 Å². The van der Waals surface area contributed by atoms with Gasteiger partial charge >= 0.3 is 0 Å². The van der Waals surface area contributed by atoms with Gasteiger partial charge in [-0.15, -0.1) is 0 Å². The third kappa shape index (κ3) is 3.11. The molecule has 1 N–H and O–H groups in total. The third-order valence-corrected chi connectivity index (χ3v) is 3.70. The van der Waals surface area contributed by atoms with Gasteiger partial charge in [-0.2, -0.15) is 0 Å². The van der Waals surface area contributed by atoms with Crippen LogP contribution in [0.4, 0.5) is 0 Å². The van der Waals surface area contributed by atoms with Crippen LogP contribution < -0.4 is 4.74 Å². The van der Waals surface area contributed by atoms with Gasteiger partial charge in [0.15, 0.2) is 0 Å². The monoisotopic (exact) mass is 307 g/mol. The standard InChI is InChI=1S/C19H21N3O/c1-19(2,3)18-21-16(13-8-10-14(23-4)11-9-13)17(22-18)15-7-5-6-12-20-15/h5-12H,1-4H3,(H,21,22). The summed E-state index contributed by atoms with van der Waals surface area (Å²) in [7, 11) is 1.67. The maximum atomic E-state index is 5.24. The molecule has 4 nitrogen and oxygen atoms in total. The second-order valence-electron chi connectivity index (χ2n) is 6.50. The van der Waals surface area contributed by atoms with Crippen LogP contribution in [-0.4, -0.2) is 22.1 Å². The van der Waals surface area contributed by atoms with Gasteiger partial charge in [0.1, 0.15) is 17.3 Å². The number of nitrogens with one attached hydrogen (secondary N) is 1. The Bertz CT molecular complexity index is 784. The van der Waals surface area contributed by atoms with Gasteiger partial charge in [-0.25, -0.2) is 4.98 Å². The number of methoxy groups -OCH3 is 1. The van der Waals surface area contributed by atoms with Gasteiger partial charge in [-0.3, -0.25) is 4.98 Å². The summed E-state index contributed by atoms with van der Waals surface area (Å²) < 4.78 is 5.24. The molecule has 2 heterocycles. The van der Waals surface area contributed by atoms with Crippen LogP contribution in [0.3, 0.4) is 0 Å². The molecule has 0 aliphatic carbocycles. The third-order valence-electron chi connectivity index (χ3n) is 3.70. The SMILES string of the molecule is COc1ccc(-c2[nH]c(C(C)(C)C)nc2-c2ccccn2)cc1. The zero-order valence-corrected chi connectivity index (χ0v) is 13.9. The van der Waals surface area contributed by atoms with Crippen LogP contribution in [0, 0.1) is 0 Å². The highest BCUT2D eigenvalue weighted by Crippen LogP contribution is 2.33. The van der Waals surface area contributed by atoms with E-state index in [0.29, 0.717) is 0 Å². The number of pyridine rings is 1. The Morgan fingerprint density at radius 3 is 2.30 bits per heavy atom. The van der Waals surface area contributed by atoms with Crippen LogP contribution in [-0.2, 0) is 5.41 Å². The zero-order chi connectivity index (χ0) is 16.4. The molecule has 3 aromatic rings. The van der Waals surface area contributed by atoms with E-state index in [1.54, 1.807) is 13.3 Å². The highest BCUT2D eigenvalue weighted by molar-refractivity contribution is 5.77. The fourth-order valence-electron chi connectivity index (χ4n) is 2.38. The molecule has 0 atom stereocenters. The quantitative estimate of drug-likeness (QED) is 0.778. The second kappa shape index (κ2) is 5.88. The molecule has 0 amide bonds. The minimum Gasteiger partial charge on any atom is -0.497 e. The van der Waals surface area contributed by atoms with Gasteiger partial charge < -0.3 is 9.72 Å². The van der Waals surface area contributed by atoms with Gasteiger partial charge in [0.2, 0.25) is 0 Å². The van der Waals surface area contributed by atoms with Crippen molar-refractivity contribution >= 4 is 0 Å². The molecule has 2 aromatic heterocycles. The van der Waals surface area contributed by atoms with Gasteiger partial charge in [-0.05, 0) is 36.4 Å². The summed E-state index contributed by atoms with van der Waals surface area (Å²) >= 11 is 0. The Morgan fingerprint density at radius 2 is 1.74 bits per heavy atom. The fraction of sp³-hybridized carbons (Fsp3) is 0.263. The van der Waals surface area contributed by atoms with Gasteiger partial charge in [0.05, 0.1) is 18.5 Å². The average molecular weight is 307 g/mol. The highest BCUT2D eigenvalue weighted by Gasteiger charge is 2.22. The lowest BCUT2D eigenvalue weighted by molar-refractivity contribution is 0.415. The molecule has 0 aliphatic rings. The Hall–Kier alpha value is -2.62. The van der Waals surface area contributed by atoms with Crippen molar-refractivity contribution in [1.82, 2.24) is 15.0 Å². The maximum Gasteiger partial charge on any atom is 0.118 e. The summed E-state index contributed by atoms with van der Waals surface area (Å²) in [6, 6.07) is 13.8. The number of rotatable bonds is 3. The van der Waals surface area contributed by atoms with Crippen LogP contribution in [0.1, 0.15) is 26.6 Å². The van der Waals surface area contributed by atoms with Crippen molar-refractivity contribution in [2.24, 2.45) is 0 Å². The molecule has 0 unspecified atom stereocenters. The molecule has 4 heteroatoms. The van der Waals surface area contributed by atoms with Crippen molar-refractivity contribution < 1.29 is 4.74 Å². The van der Waals surface area contributed by atoms with Gasteiger partial charge in [0.25, 0.3) is 0 Å². The smallest absolute Gasteiger partial charge is 0.118 e. The van der Waals surface area contributed by atoms with Crippen molar-refractivity contribution in [1.29, 1.82) is 0 Å². The summed E-state index contributed by atoms with van der Waals surface area (Å²) in [4.78, 5) is 12.8. The summed E-state index contributed by atoms with van der Waals surface area (Å²) in [6.07, 6.45) is 1.79. The lowest BCUT2D eigenvalue weighted by Crippen LogP contribution is -2.13. The molecule has 0 aliphatic heterocycles. The Labute approximate surface area is 136 Å². The van der Waals surface area contributed by atoms with Crippen molar-refractivity contribution in [3.63, 3.8) is 0 Å². The van der Waals surface area contributed by atoms with Crippen LogP contribution in [0.25, 0.3) is 22.6 Å². The number of ether oxygens (including phenoxy) is 1. The molecular weight excluding hydrogens is 286 g/mol. The molecule has 0 spiro atoms. The van der Waals surface area contributed by atoms with Crippen LogP contribution >= 0.6 is 0 Å². The van der Waals surface area contributed by atoms with E-state index in [9.17, 15) is 0 Å². The summed E-state index contributed by atoms with van der Waals surface area (Å²) in [5.41, 5.74) is 3.73. The first-order valence-electron chi connectivity index (χ1n) is 7.65. The fourth-order valence-corrected chi connectivity index (χ4v) is 2.38. The minimum absolute atomic E-state index is 0.0613. The Balaban J connectivity index is 2.15. The van der Waals surface area contributed by atoms with Gasteiger partial charge in [0, 0.05) is 17.2 Å². The molecule has 118 valence electrons. The molecule has 0 fully saturated rings. The molecule has 3 rings (SSSR count). The molecule has 1 aromatic carbocycles. The van der Waals surface area contributed by atoms with Crippen LogP contribution in [0.5, 0.6) is 5.75 Å². The van der Waals surface area contributed by atoms with E-state index in [-0.39, 0.29) is 5.41 Å². The topological polar surface area (TPSA) is 50.8 Å². The zero-order valence-electron chi connectivity index (χ0n) is 13.9. The van der Waals surface area contributed by atoms with Crippen molar-refractivity contribution in [3.8, 4) is 28.4 Å². The Kier molecular flexibility index (Phi) is 3.90. The Morgan fingerprint density at radius 1 is 1.00 bits per heavy atom. The number of aromatic nitrogens is 3. The minimum atomic E-state index is -0.0613. The number of aromatic amines is 1. The number of hydrogen-bond donors (Lipinski definition) is 1. The number of imidazole rings is 1. The van der Waals surface area contributed by atoms with E-state index in [2.05, 4.69) is 30.7 Å². The van der Waals surface area contributed by atoms with E-state index in [1.165, 1.54) is 0 Å². The average Bonchev–Trinajstić information content (AvgIpc) is 3.01. The molecule has 0 saturated heterocycles. The summed E-state index contributed by atoms with van der Waals surface area (Å²) in [6.45, 7) is 6.43. The van der Waals surface area contributed by atoms with Gasteiger partial charge in [-0.1, -0.05) is 26.8 Å². The molecule has 0 bridgehead atoms. The molecular formula is C19H21N3O. The molecule has 0 saturated carbocycles. The van der Waals surface area contributed by atoms with Crippen LogP contribution in [0.15, 0.2) is 48.7 Å². The molecule has 0 radical (unpaired) electrons. The number of hydrogen-bond acceptors (Lipinski definition) is 3. The van der Waals surface area contributed by atoms with E-state index < -0.39 is 0 Å². The number of nitrogens with zero attached hydrogens (tertiary/aromatic N) is 2. The number of benzene rings is 1. The van der Waals surface area contributed by atoms with E-state index in [4.69, 9.17) is 9.72 Å². The van der Waals surface area contributed by atoms with Crippen molar-refractivity contribution in [2.45, 2.75) is 26.2 Å². The highest BCUT2D eigenvalue weighted by atomic mass is 16.5. The van der Waals surface area contributed by atoms with Crippen molar-refractivity contribution in [2.75, 3.05) is 7.11 Å². The first-order chi connectivity index (χ1) is 11.0. The predicted molar refractivity (Wildman–Crippen MR) is 92.5 cm³/mol. The van der Waals surface area contributed by atoms with E-state index >= 15 is 0 Å². The summed E-state index contributed by atoms with van der Waals surface area (Å²) in [5, 5.41) is 0. The normalized spacial score (nSPS) is 11.5. The second-order valence-corrected chi connectivity index (χ2v) is 6.50. The number of H-pyrrole nitrogens is 1. The lowest BCUT2D eigenvalue weighted by Gasteiger charge is -2.14. The largest absolute Gasteiger partial charge is 0.497 e. The lowest BCUT2D eigenvalue weighted by atomic mass is 9.96. The first kappa shape index (κ1) is 15.3. The molecule has 23 heavy (non-hydrogen) atoms. The summed E-state index contributed by atoms with van der Waals surface area (Å²) in [5.74, 6) is 1.78. The van der Waals surface area contributed by atoms with Crippen molar-refractivity contribution in [3.05, 3.63) is 54.5 Å². The van der Waals surface area contributed by atoms with E-state index in [0.717, 1.165) is 34.2 Å².